The lowest BCUT2D eigenvalue weighted by atomic mass is 9.76. The van der Waals surface area contributed by atoms with Gasteiger partial charge >= 0.3 is 6.08 Å². The van der Waals surface area contributed by atoms with Gasteiger partial charge in [-0.1, -0.05) is 82.8 Å². The highest BCUT2D eigenvalue weighted by atomic mass is 28.3. The molecule has 0 radical (unpaired) electrons. The fraction of sp³-hybridized carbons (Fsp3) is 0.714. The summed E-state index contributed by atoms with van der Waals surface area (Å²) in [6.45, 7) is 2.29. The first-order chi connectivity index (χ1) is 16.4. The maximum Gasteiger partial charge on any atom is 0.306 e. The SMILES string of the molecule is CCCCC[SiH]1CCC(CCCC[C@H]2CC[C@H](c3cc(F)c(C(F)=C(F)F)c(F)c3)CC2)CC1. The average Bonchev–Trinajstić information content (AvgIpc) is 2.82. The van der Waals surface area contributed by atoms with Gasteiger partial charge in [0, 0.05) is 8.80 Å². The highest BCUT2D eigenvalue weighted by Gasteiger charge is 2.26. The minimum absolute atomic E-state index is 0.00763. The molecule has 2 aliphatic rings. The Bertz CT molecular complexity index is 765. The molecule has 0 N–H and O–H groups in total. The summed E-state index contributed by atoms with van der Waals surface area (Å²) in [4.78, 5) is 0. The van der Waals surface area contributed by atoms with Crippen molar-refractivity contribution >= 4 is 14.6 Å². The molecule has 192 valence electrons. The van der Waals surface area contributed by atoms with Gasteiger partial charge in [0.05, 0.1) is 5.56 Å². The fourth-order valence-corrected chi connectivity index (χ4v) is 9.89. The molecule has 0 bridgehead atoms. The summed E-state index contributed by atoms with van der Waals surface area (Å²) in [6.07, 6.45) is 13.3. The normalized spacial score (nSPS) is 25.4. The molecular weight excluding hydrogens is 459 g/mol. The Hall–Kier alpha value is -1.17. The second-order valence-electron chi connectivity index (χ2n) is 10.8. The zero-order valence-corrected chi connectivity index (χ0v) is 21.8. The van der Waals surface area contributed by atoms with Gasteiger partial charge in [-0.05, 0) is 61.1 Å². The van der Waals surface area contributed by atoms with Crippen LogP contribution in [0.25, 0.3) is 5.83 Å². The number of halogens is 5. The Kier molecular flexibility index (Phi) is 11.1. The summed E-state index contributed by atoms with van der Waals surface area (Å²) in [7, 11) is -0.413. The molecule has 1 saturated carbocycles. The van der Waals surface area contributed by atoms with Crippen LogP contribution in [-0.4, -0.2) is 8.80 Å². The number of benzene rings is 1. The third kappa shape index (κ3) is 7.92. The van der Waals surface area contributed by atoms with Crippen LogP contribution in [0, 0.1) is 23.5 Å². The van der Waals surface area contributed by atoms with Crippen LogP contribution in [-0.2, 0) is 0 Å². The van der Waals surface area contributed by atoms with Crippen molar-refractivity contribution < 1.29 is 22.0 Å². The predicted molar refractivity (Wildman–Crippen MR) is 134 cm³/mol. The molecule has 1 aromatic carbocycles. The van der Waals surface area contributed by atoms with Gasteiger partial charge in [0.25, 0.3) is 0 Å². The van der Waals surface area contributed by atoms with Crippen molar-refractivity contribution in [3.8, 4) is 0 Å². The average molecular weight is 501 g/mol. The third-order valence-electron chi connectivity index (χ3n) is 8.43. The van der Waals surface area contributed by atoms with E-state index in [1.165, 1.54) is 57.8 Å². The van der Waals surface area contributed by atoms with Crippen LogP contribution < -0.4 is 0 Å². The van der Waals surface area contributed by atoms with Crippen molar-refractivity contribution in [2.45, 2.75) is 114 Å². The molecular formula is C28H41F5Si. The van der Waals surface area contributed by atoms with Gasteiger partial charge in [-0.15, -0.1) is 0 Å². The topological polar surface area (TPSA) is 0 Å². The quantitative estimate of drug-likeness (QED) is 0.161. The number of hydrogen-bond donors (Lipinski definition) is 0. The van der Waals surface area contributed by atoms with E-state index in [1.807, 2.05) is 0 Å². The molecule has 0 unspecified atom stereocenters. The van der Waals surface area contributed by atoms with Gasteiger partial charge in [0.1, 0.15) is 11.6 Å². The largest absolute Gasteiger partial charge is 0.306 e. The summed E-state index contributed by atoms with van der Waals surface area (Å²) in [5, 5.41) is 0. The molecule has 34 heavy (non-hydrogen) atoms. The van der Waals surface area contributed by atoms with Gasteiger partial charge in [0.15, 0.2) is 0 Å². The summed E-state index contributed by atoms with van der Waals surface area (Å²) in [6, 6.07) is 6.76. The van der Waals surface area contributed by atoms with E-state index >= 15 is 0 Å². The van der Waals surface area contributed by atoms with E-state index in [-0.39, 0.29) is 5.92 Å². The Balaban J connectivity index is 1.34. The zero-order valence-electron chi connectivity index (χ0n) is 20.7. The van der Waals surface area contributed by atoms with Gasteiger partial charge in [-0.3, -0.25) is 0 Å². The van der Waals surface area contributed by atoms with Gasteiger partial charge < -0.3 is 0 Å². The first-order valence-electron chi connectivity index (χ1n) is 13.6. The highest BCUT2D eigenvalue weighted by Crippen LogP contribution is 2.40. The fourth-order valence-electron chi connectivity index (χ4n) is 6.27. The van der Waals surface area contributed by atoms with E-state index in [1.54, 1.807) is 18.1 Å². The van der Waals surface area contributed by atoms with Gasteiger partial charge in [-0.25, -0.2) is 13.2 Å². The highest BCUT2D eigenvalue weighted by molar-refractivity contribution is 6.58. The molecule has 1 heterocycles. The van der Waals surface area contributed by atoms with Crippen LogP contribution in [0.15, 0.2) is 18.2 Å². The van der Waals surface area contributed by atoms with Crippen molar-refractivity contribution in [1.29, 1.82) is 0 Å². The molecule has 3 rings (SSSR count). The smallest absolute Gasteiger partial charge is 0.206 e. The van der Waals surface area contributed by atoms with Crippen LogP contribution in [0.2, 0.25) is 18.1 Å². The predicted octanol–water partition coefficient (Wildman–Crippen LogP) is 10.2. The lowest BCUT2D eigenvalue weighted by Gasteiger charge is -2.30. The molecule has 2 fully saturated rings. The molecule has 1 aliphatic heterocycles. The molecule has 6 heteroatoms. The second-order valence-corrected chi connectivity index (χ2v) is 14.3. The zero-order chi connectivity index (χ0) is 24.5. The molecule has 0 spiro atoms. The second kappa shape index (κ2) is 13.8. The van der Waals surface area contributed by atoms with Crippen molar-refractivity contribution in [3.63, 3.8) is 0 Å². The van der Waals surface area contributed by atoms with Crippen molar-refractivity contribution in [2.24, 2.45) is 11.8 Å². The molecule has 0 nitrogen and oxygen atoms in total. The molecule has 1 aliphatic carbocycles. The Morgan fingerprint density at radius 2 is 1.35 bits per heavy atom. The summed E-state index contributed by atoms with van der Waals surface area (Å²) >= 11 is 0. The number of rotatable bonds is 11. The van der Waals surface area contributed by atoms with E-state index in [2.05, 4.69) is 6.92 Å². The van der Waals surface area contributed by atoms with E-state index in [4.69, 9.17) is 0 Å². The standard InChI is InChI=1S/C28H41F5Si/c1-2-3-6-15-34-16-13-21(14-17-34)8-5-4-7-20-9-11-22(12-10-20)23-18-24(29)26(25(30)19-23)27(31)28(32)33/h18-22,34H,2-17H2,1H3/t20-,21?,22-,34?. The van der Waals surface area contributed by atoms with Crippen LogP contribution in [0.5, 0.6) is 0 Å². The minimum atomic E-state index is -2.71. The molecule has 0 amide bonds. The van der Waals surface area contributed by atoms with E-state index in [9.17, 15) is 22.0 Å². The Labute approximate surface area is 204 Å². The first kappa shape index (κ1) is 27.4. The third-order valence-corrected chi connectivity index (χ3v) is 11.9. The summed E-state index contributed by atoms with van der Waals surface area (Å²) in [5.41, 5.74) is -0.803. The number of unbranched alkanes of at least 4 members (excludes halogenated alkanes) is 3. The summed E-state index contributed by atoms with van der Waals surface area (Å²) in [5.74, 6) is -3.00. The van der Waals surface area contributed by atoms with Crippen molar-refractivity contribution in [2.75, 3.05) is 0 Å². The molecule has 1 saturated heterocycles. The van der Waals surface area contributed by atoms with Gasteiger partial charge in [-0.2, -0.15) is 8.78 Å². The van der Waals surface area contributed by atoms with E-state index in [0.717, 1.165) is 43.7 Å². The summed E-state index contributed by atoms with van der Waals surface area (Å²) < 4.78 is 66.6. The molecule has 0 atom stereocenters. The van der Waals surface area contributed by atoms with Crippen LogP contribution in [0.1, 0.15) is 107 Å². The molecule has 0 aromatic heterocycles. The maximum absolute atomic E-state index is 14.2. The van der Waals surface area contributed by atoms with Crippen LogP contribution in [0.3, 0.4) is 0 Å². The minimum Gasteiger partial charge on any atom is -0.206 e. The number of hydrogen-bond acceptors (Lipinski definition) is 0. The van der Waals surface area contributed by atoms with Gasteiger partial charge in [0.2, 0.25) is 5.83 Å². The van der Waals surface area contributed by atoms with E-state index in [0.29, 0.717) is 11.5 Å². The Morgan fingerprint density at radius 3 is 1.88 bits per heavy atom. The lowest BCUT2D eigenvalue weighted by molar-refractivity contribution is 0.296. The molecule has 1 aromatic rings. The lowest BCUT2D eigenvalue weighted by Crippen LogP contribution is -2.21. The first-order valence-corrected chi connectivity index (χ1v) is 16.0. The maximum atomic E-state index is 14.2. The van der Waals surface area contributed by atoms with Crippen LogP contribution in [0.4, 0.5) is 22.0 Å². The van der Waals surface area contributed by atoms with Crippen molar-refractivity contribution in [3.05, 3.63) is 41.0 Å². The van der Waals surface area contributed by atoms with Crippen molar-refractivity contribution in [1.82, 2.24) is 0 Å². The van der Waals surface area contributed by atoms with Crippen LogP contribution >= 0.6 is 0 Å². The Morgan fingerprint density at radius 1 is 0.794 bits per heavy atom. The van der Waals surface area contributed by atoms with E-state index < -0.39 is 37.9 Å². The monoisotopic (exact) mass is 500 g/mol.